The van der Waals surface area contributed by atoms with Gasteiger partial charge < -0.3 is 14.7 Å². The second-order valence-corrected chi connectivity index (χ2v) is 6.77. The molecule has 0 bridgehead atoms. The molecule has 1 heterocycles. The average Bonchev–Trinajstić information content (AvgIpc) is 2.54. The standard InChI is InChI=1S/C18H28N2O3/c1-15(21)19-11-13-20(14-12-19)17(22)23-18(2,3)10-9-16-7-5-4-6-8-16/h4-8,15,21H,9-14H2,1-3H3. The lowest BCUT2D eigenvalue weighted by Crippen LogP contribution is -2.52. The highest BCUT2D eigenvalue weighted by molar-refractivity contribution is 5.68. The fraction of sp³-hybridized carbons (Fsp3) is 0.611. The van der Waals surface area contributed by atoms with Gasteiger partial charge in [-0.25, -0.2) is 4.79 Å². The molecule has 1 aliphatic heterocycles. The van der Waals surface area contributed by atoms with E-state index >= 15 is 0 Å². The fourth-order valence-corrected chi connectivity index (χ4v) is 2.72. The molecule has 2 rings (SSSR count). The van der Waals surface area contributed by atoms with Crippen LogP contribution in [-0.4, -0.2) is 59.0 Å². The maximum Gasteiger partial charge on any atom is 0.410 e. The number of aryl methyl sites for hydroxylation is 1. The summed E-state index contributed by atoms with van der Waals surface area (Å²) in [6.07, 6.45) is 0.955. The Bertz CT molecular complexity index is 494. The number of aliphatic hydroxyl groups is 1. The first-order chi connectivity index (χ1) is 10.9. The van der Waals surface area contributed by atoms with Crippen molar-refractivity contribution in [2.75, 3.05) is 26.2 Å². The van der Waals surface area contributed by atoms with Crippen LogP contribution in [0.25, 0.3) is 0 Å². The van der Waals surface area contributed by atoms with Gasteiger partial charge in [0.05, 0.1) is 0 Å². The van der Waals surface area contributed by atoms with Gasteiger partial charge in [0, 0.05) is 26.2 Å². The van der Waals surface area contributed by atoms with Crippen molar-refractivity contribution in [2.24, 2.45) is 0 Å². The van der Waals surface area contributed by atoms with Crippen LogP contribution in [0, 0.1) is 0 Å². The molecule has 1 fully saturated rings. The predicted molar refractivity (Wildman–Crippen MR) is 90.1 cm³/mol. The van der Waals surface area contributed by atoms with Gasteiger partial charge in [0.25, 0.3) is 0 Å². The molecule has 1 saturated heterocycles. The molecule has 1 unspecified atom stereocenters. The van der Waals surface area contributed by atoms with E-state index in [-0.39, 0.29) is 6.09 Å². The fourth-order valence-electron chi connectivity index (χ4n) is 2.72. The van der Waals surface area contributed by atoms with Gasteiger partial charge in [0.2, 0.25) is 0 Å². The van der Waals surface area contributed by atoms with Crippen LogP contribution in [0.2, 0.25) is 0 Å². The zero-order valence-corrected chi connectivity index (χ0v) is 14.4. The first-order valence-corrected chi connectivity index (χ1v) is 8.31. The molecule has 1 amide bonds. The minimum atomic E-state index is -0.492. The lowest BCUT2D eigenvalue weighted by Gasteiger charge is -2.37. The Morgan fingerprint density at radius 2 is 1.83 bits per heavy atom. The van der Waals surface area contributed by atoms with E-state index in [0.717, 1.165) is 12.8 Å². The predicted octanol–water partition coefficient (Wildman–Crippen LogP) is 2.49. The molecular weight excluding hydrogens is 292 g/mol. The second-order valence-electron chi connectivity index (χ2n) is 6.77. The highest BCUT2D eigenvalue weighted by atomic mass is 16.6. The summed E-state index contributed by atoms with van der Waals surface area (Å²) >= 11 is 0. The van der Waals surface area contributed by atoms with E-state index in [1.165, 1.54) is 5.56 Å². The van der Waals surface area contributed by atoms with Crippen LogP contribution in [0.15, 0.2) is 30.3 Å². The molecule has 5 nitrogen and oxygen atoms in total. The van der Waals surface area contributed by atoms with Gasteiger partial charge in [0.1, 0.15) is 11.8 Å². The zero-order chi connectivity index (χ0) is 16.9. The van der Waals surface area contributed by atoms with Gasteiger partial charge in [-0.15, -0.1) is 0 Å². The van der Waals surface area contributed by atoms with Gasteiger partial charge in [0.15, 0.2) is 0 Å². The highest BCUT2D eigenvalue weighted by Gasteiger charge is 2.29. The summed E-state index contributed by atoms with van der Waals surface area (Å²) < 4.78 is 5.70. The Balaban J connectivity index is 1.79. The maximum atomic E-state index is 12.3. The van der Waals surface area contributed by atoms with Crippen LogP contribution in [0.3, 0.4) is 0 Å². The van der Waals surface area contributed by atoms with Crippen LogP contribution in [-0.2, 0) is 11.2 Å². The molecule has 23 heavy (non-hydrogen) atoms. The zero-order valence-electron chi connectivity index (χ0n) is 14.4. The number of amides is 1. The van der Waals surface area contributed by atoms with Crippen LogP contribution in [0.1, 0.15) is 32.8 Å². The molecule has 0 saturated carbocycles. The summed E-state index contributed by atoms with van der Waals surface area (Å²) in [6, 6.07) is 10.2. The van der Waals surface area contributed by atoms with Gasteiger partial charge in [-0.2, -0.15) is 0 Å². The number of carbonyl (C=O) groups excluding carboxylic acids is 1. The smallest absolute Gasteiger partial charge is 0.410 e. The third kappa shape index (κ3) is 5.52. The number of rotatable bonds is 5. The molecule has 1 N–H and O–H groups in total. The van der Waals surface area contributed by atoms with Crippen molar-refractivity contribution in [3.63, 3.8) is 0 Å². The number of carbonyl (C=O) groups is 1. The van der Waals surface area contributed by atoms with Crippen molar-refractivity contribution in [1.82, 2.24) is 9.80 Å². The van der Waals surface area contributed by atoms with Crippen molar-refractivity contribution in [2.45, 2.75) is 45.4 Å². The van der Waals surface area contributed by atoms with Gasteiger partial charge in [-0.05, 0) is 39.2 Å². The number of ether oxygens (including phenoxy) is 1. The summed E-state index contributed by atoms with van der Waals surface area (Å²) in [4.78, 5) is 16.0. The molecule has 128 valence electrons. The number of nitrogens with zero attached hydrogens (tertiary/aromatic N) is 2. The topological polar surface area (TPSA) is 53.0 Å². The summed E-state index contributed by atoms with van der Waals surface area (Å²) in [5, 5.41) is 9.56. The first kappa shape index (κ1) is 17.8. The Kier molecular flexibility index (Phi) is 6.02. The number of hydrogen-bond acceptors (Lipinski definition) is 4. The largest absolute Gasteiger partial charge is 0.443 e. The Labute approximate surface area is 138 Å². The molecule has 5 heteroatoms. The molecule has 1 aromatic rings. The van der Waals surface area contributed by atoms with Crippen LogP contribution in [0.4, 0.5) is 4.79 Å². The lowest BCUT2D eigenvalue weighted by molar-refractivity contribution is -0.0297. The minimum Gasteiger partial charge on any atom is -0.443 e. The van der Waals surface area contributed by atoms with E-state index in [4.69, 9.17) is 4.74 Å². The molecule has 0 spiro atoms. The molecule has 0 radical (unpaired) electrons. The first-order valence-electron chi connectivity index (χ1n) is 8.31. The van der Waals surface area contributed by atoms with E-state index in [0.29, 0.717) is 26.2 Å². The summed E-state index contributed by atoms with van der Waals surface area (Å²) in [7, 11) is 0. The van der Waals surface area contributed by atoms with Crippen molar-refractivity contribution in [3.05, 3.63) is 35.9 Å². The van der Waals surface area contributed by atoms with Crippen LogP contribution < -0.4 is 0 Å². The molecule has 0 aliphatic carbocycles. The quantitative estimate of drug-likeness (QED) is 0.905. The second kappa shape index (κ2) is 7.79. The number of aliphatic hydroxyl groups excluding tert-OH is 1. The van der Waals surface area contributed by atoms with E-state index < -0.39 is 11.8 Å². The average molecular weight is 320 g/mol. The summed E-state index contributed by atoms with van der Waals surface area (Å²) in [6.45, 7) is 8.21. The van der Waals surface area contributed by atoms with E-state index in [1.54, 1.807) is 11.8 Å². The molecular formula is C18H28N2O3. The lowest BCUT2D eigenvalue weighted by atomic mass is 9.98. The van der Waals surface area contributed by atoms with Gasteiger partial charge in [-0.1, -0.05) is 30.3 Å². The van der Waals surface area contributed by atoms with Crippen LogP contribution in [0.5, 0.6) is 0 Å². The van der Waals surface area contributed by atoms with E-state index in [9.17, 15) is 9.90 Å². The third-order valence-electron chi connectivity index (χ3n) is 4.32. The monoisotopic (exact) mass is 320 g/mol. The number of hydrogen-bond donors (Lipinski definition) is 1. The molecule has 1 aromatic carbocycles. The number of piperazine rings is 1. The van der Waals surface area contributed by atoms with E-state index in [1.807, 2.05) is 36.9 Å². The van der Waals surface area contributed by atoms with Crippen molar-refractivity contribution in [1.29, 1.82) is 0 Å². The minimum absolute atomic E-state index is 0.256. The molecule has 1 atom stereocenters. The highest BCUT2D eigenvalue weighted by Crippen LogP contribution is 2.20. The summed E-state index contributed by atoms with van der Waals surface area (Å²) in [5.41, 5.74) is 0.760. The Morgan fingerprint density at radius 1 is 1.22 bits per heavy atom. The number of benzene rings is 1. The Morgan fingerprint density at radius 3 is 2.39 bits per heavy atom. The van der Waals surface area contributed by atoms with Gasteiger partial charge >= 0.3 is 6.09 Å². The van der Waals surface area contributed by atoms with Gasteiger partial charge in [-0.3, -0.25) is 4.90 Å². The molecule has 0 aromatic heterocycles. The van der Waals surface area contributed by atoms with Crippen LogP contribution >= 0.6 is 0 Å². The third-order valence-corrected chi connectivity index (χ3v) is 4.32. The SMILES string of the molecule is CC(O)N1CCN(C(=O)OC(C)(C)CCc2ccccc2)CC1. The van der Waals surface area contributed by atoms with Crippen molar-refractivity contribution >= 4 is 6.09 Å². The summed E-state index contributed by atoms with van der Waals surface area (Å²) in [5.74, 6) is 0. The molecule has 1 aliphatic rings. The Hall–Kier alpha value is -1.59. The normalized spacial score (nSPS) is 17.8. The maximum absolute atomic E-state index is 12.3. The van der Waals surface area contributed by atoms with E-state index in [2.05, 4.69) is 12.1 Å². The van der Waals surface area contributed by atoms with Crippen molar-refractivity contribution < 1.29 is 14.6 Å². The van der Waals surface area contributed by atoms with Crippen molar-refractivity contribution in [3.8, 4) is 0 Å².